The molecule has 7 heteroatoms. The molecule has 1 aliphatic rings. The van der Waals surface area contributed by atoms with Crippen LogP contribution in [0.25, 0.3) is 0 Å². The van der Waals surface area contributed by atoms with E-state index in [1.165, 1.54) is 0 Å². The number of hydrogen-bond acceptors (Lipinski definition) is 3. The summed E-state index contributed by atoms with van der Waals surface area (Å²) >= 11 is 0. The van der Waals surface area contributed by atoms with Crippen molar-refractivity contribution in [1.29, 1.82) is 0 Å². The molecule has 0 aromatic heterocycles. The van der Waals surface area contributed by atoms with Crippen molar-refractivity contribution >= 4 is 5.78 Å². The highest BCUT2D eigenvalue weighted by atomic mass is 19.4. The molecule has 1 aromatic carbocycles. The number of ketones is 1. The predicted molar refractivity (Wildman–Crippen MR) is 58.1 cm³/mol. The van der Waals surface area contributed by atoms with Gasteiger partial charge in [0.15, 0.2) is 5.78 Å². The van der Waals surface area contributed by atoms with Crippen LogP contribution in [0.3, 0.4) is 0 Å². The van der Waals surface area contributed by atoms with Gasteiger partial charge < -0.3 is 10.5 Å². The van der Waals surface area contributed by atoms with Gasteiger partial charge in [-0.1, -0.05) is 6.07 Å². The Hall–Kier alpha value is -1.47. The van der Waals surface area contributed by atoms with Gasteiger partial charge in [-0.05, 0) is 18.6 Å². The molecule has 104 valence electrons. The molecule has 0 saturated carbocycles. The van der Waals surface area contributed by atoms with E-state index < -0.39 is 28.9 Å². The highest BCUT2D eigenvalue weighted by molar-refractivity contribution is 6.03. The summed E-state index contributed by atoms with van der Waals surface area (Å²) in [5, 5.41) is 0. The number of carbonyl (C=O) groups excluding carboxylic acids is 1. The second-order valence-electron chi connectivity index (χ2n) is 4.48. The molecule has 0 spiro atoms. The zero-order chi connectivity index (χ0) is 14.3. The Labute approximate surface area is 106 Å². The number of halogens is 4. The minimum absolute atomic E-state index is 0.0194. The van der Waals surface area contributed by atoms with Gasteiger partial charge in [-0.3, -0.25) is 4.79 Å². The third-order valence-corrected chi connectivity index (χ3v) is 3.04. The Morgan fingerprint density at radius 1 is 1.37 bits per heavy atom. The van der Waals surface area contributed by atoms with Crippen LogP contribution in [0.4, 0.5) is 17.6 Å². The van der Waals surface area contributed by atoms with Gasteiger partial charge in [0, 0.05) is 12.2 Å². The molecule has 1 unspecified atom stereocenters. The van der Waals surface area contributed by atoms with Crippen LogP contribution in [0.1, 0.15) is 22.3 Å². The van der Waals surface area contributed by atoms with Crippen molar-refractivity contribution in [3.05, 3.63) is 35.1 Å². The van der Waals surface area contributed by atoms with Crippen LogP contribution < -0.4 is 5.73 Å². The first-order valence-electron chi connectivity index (χ1n) is 5.52. The van der Waals surface area contributed by atoms with Crippen LogP contribution in [0.5, 0.6) is 0 Å². The maximum absolute atomic E-state index is 13.4. The maximum atomic E-state index is 13.4. The smallest absolute Gasteiger partial charge is 0.379 e. The molecular weight excluding hydrogens is 266 g/mol. The van der Waals surface area contributed by atoms with Gasteiger partial charge in [0.05, 0.1) is 12.2 Å². The van der Waals surface area contributed by atoms with Gasteiger partial charge in [-0.2, -0.15) is 13.2 Å². The zero-order valence-corrected chi connectivity index (χ0v) is 9.76. The largest absolute Gasteiger partial charge is 0.419 e. The fraction of sp³-hybridized carbons (Fsp3) is 0.417. The number of Topliss-reactive ketones (excluding diaryl/α,β-unsaturated/α-hetero) is 1. The van der Waals surface area contributed by atoms with Crippen molar-refractivity contribution < 1.29 is 27.1 Å². The lowest BCUT2D eigenvalue weighted by Gasteiger charge is -2.20. The van der Waals surface area contributed by atoms with Crippen LogP contribution in [-0.2, 0) is 10.9 Å². The highest BCUT2D eigenvalue weighted by Crippen LogP contribution is 2.32. The summed E-state index contributed by atoms with van der Waals surface area (Å²) in [6.45, 7) is 0.278. The van der Waals surface area contributed by atoms with Gasteiger partial charge >= 0.3 is 6.18 Å². The van der Waals surface area contributed by atoms with Crippen molar-refractivity contribution in [2.75, 3.05) is 13.2 Å². The summed E-state index contributed by atoms with van der Waals surface area (Å²) in [6.07, 6.45) is -4.53. The Morgan fingerprint density at radius 3 is 2.53 bits per heavy atom. The molecule has 3 nitrogen and oxygen atoms in total. The van der Waals surface area contributed by atoms with Gasteiger partial charge in [0.1, 0.15) is 11.4 Å². The Morgan fingerprint density at radius 2 is 2.05 bits per heavy atom. The van der Waals surface area contributed by atoms with Gasteiger partial charge in [0.25, 0.3) is 0 Å². The van der Waals surface area contributed by atoms with E-state index in [9.17, 15) is 22.4 Å². The third kappa shape index (κ3) is 2.62. The van der Waals surface area contributed by atoms with Gasteiger partial charge in [0.2, 0.25) is 0 Å². The van der Waals surface area contributed by atoms with Crippen molar-refractivity contribution in [1.82, 2.24) is 0 Å². The molecule has 1 aliphatic heterocycles. The molecule has 0 bridgehead atoms. The van der Waals surface area contributed by atoms with E-state index in [1.54, 1.807) is 0 Å². The van der Waals surface area contributed by atoms with Crippen LogP contribution in [0.2, 0.25) is 0 Å². The van der Waals surface area contributed by atoms with Gasteiger partial charge in [-0.25, -0.2) is 4.39 Å². The molecule has 1 heterocycles. The summed E-state index contributed by atoms with van der Waals surface area (Å²) in [5.41, 5.74) is 2.92. The van der Waals surface area contributed by atoms with E-state index >= 15 is 0 Å². The Balaban J connectivity index is 2.32. The third-order valence-electron chi connectivity index (χ3n) is 3.04. The summed E-state index contributed by atoms with van der Waals surface area (Å²) < 4.78 is 55.5. The number of benzene rings is 1. The predicted octanol–water partition coefficient (Wildman–Crippen LogP) is 2.15. The normalized spacial score (nSPS) is 23.6. The van der Waals surface area contributed by atoms with Crippen LogP contribution in [0.15, 0.2) is 18.2 Å². The van der Waals surface area contributed by atoms with Crippen molar-refractivity contribution in [2.45, 2.75) is 18.1 Å². The van der Waals surface area contributed by atoms with Crippen molar-refractivity contribution in [3.8, 4) is 0 Å². The molecule has 2 N–H and O–H groups in total. The van der Waals surface area contributed by atoms with Crippen LogP contribution in [-0.4, -0.2) is 24.5 Å². The highest BCUT2D eigenvalue weighted by Gasteiger charge is 2.40. The fourth-order valence-corrected chi connectivity index (χ4v) is 1.93. The summed E-state index contributed by atoms with van der Waals surface area (Å²) in [7, 11) is 0. The van der Waals surface area contributed by atoms with Crippen LogP contribution >= 0.6 is 0 Å². The van der Waals surface area contributed by atoms with Crippen molar-refractivity contribution in [2.24, 2.45) is 5.73 Å². The summed E-state index contributed by atoms with van der Waals surface area (Å²) in [4.78, 5) is 12.0. The number of alkyl halides is 3. The standard InChI is InChI=1S/C12H11F4NO2/c13-9-5-7(1-2-8(9)12(14,15)16)10(18)11(17)3-4-19-6-11/h1-2,5H,3-4,6,17H2. The first-order valence-corrected chi connectivity index (χ1v) is 5.52. The molecule has 2 rings (SSSR count). The first kappa shape index (κ1) is 14.0. The average molecular weight is 277 g/mol. The summed E-state index contributed by atoms with van der Waals surface area (Å²) in [6, 6.07) is 2.04. The lowest BCUT2D eigenvalue weighted by atomic mass is 9.89. The number of nitrogens with two attached hydrogens (primary N) is 1. The first-order chi connectivity index (χ1) is 8.74. The number of ether oxygens (including phenoxy) is 1. The number of carbonyl (C=O) groups is 1. The molecule has 1 aromatic rings. The number of rotatable bonds is 2. The second kappa shape index (κ2) is 4.57. The number of hydrogen-bond donors (Lipinski definition) is 1. The van der Waals surface area contributed by atoms with E-state index in [-0.39, 0.29) is 18.6 Å². The van der Waals surface area contributed by atoms with E-state index in [2.05, 4.69) is 0 Å². The van der Waals surface area contributed by atoms with E-state index in [4.69, 9.17) is 10.5 Å². The lowest BCUT2D eigenvalue weighted by molar-refractivity contribution is -0.140. The minimum Gasteiger partial charge on any atom is -0.379 e. The molecule has 1 fully saturated rings. The molecule has 0 radical (unpaired) electrons. The fourth-order valence-electron chi connectivity index (χ4n) is 1.93. The minimum atomic E-state index is -4.79. The molecule has 0 amide bonds. The average Bonchev–Trinajstić information content (AvgIpc) is 2.74. The lowest BCUT2D eigenvalue weighted by Crippen LogP contribution is -2.48. The Bertz CT molecular complexity index is 507. The molecule has 0 aliphatic carbocycles. The quantitative estimate of drug-likeness (QED) is 0.665. The maximum Gasteiger partial charge on any atom is 0.419 e. The van der Waals surface area contributed by atoms with Gasteiger partial charge in [-0.15, -0.1) is 0 Å². The molecular formula is C12H11F4NO2. The zero-order valence-electron chi connectivity index (χ0n) is 9.76. The monoisotopic (exact) mass is 277 g/mol. The molecule has 19 heavy (non-hydrogen) atoms. The Kier molecular flexibility index (Phi) is 3.36. The van der Waals surface area contributed by atoms with E-state index in [0.717, 1.165) is 6.07 Å². The van der Waals surface area contributed by atoms with Crippen LogP contribution in [0, 0.1) is 5.82 Å². The summed E-state index contributed by atoms with van der Waals surface area (Å²) in [5.74, 6) is -2.10. The SMILES string of the molecule is NC1(C(=O)c2ccc(C(F)(F)F)c(F)c2)CCOC1. The van der Waals surface area contributed by atoms with E-state index in [0.29, 0.717) is 18.7 Å². The molecule has 1 saturated heterocycles. The van der Waals surface area contributed by atoms with Crippen molar-refractivity contribution in [3.63, 3.8) is 0 Å². The topological polar surface area (TPSA) is 52.3 Å². The van der Waals surface area contributed by atoms with E-state index in [1.807, 2.05) is 0 Å². The molecule has 1 atom stereocenters. The second-order valence-corrected chi connectivity index (χ2v) is 4.48.